The summed E-state index contributed by atoms with van der Waals surface area (Å²) in [7, 11) is 0. The van der Waals surface area contributed by atoms with E-state index in [1.165, 1.54) is 4.88 Å². The average Bonchev–Trinajstić information content (AvgIpc) is 3.09. The Kier molecular flexibility index (Phi) is 4.34. The lowest BCUT2D eigenvalue weighted by molar-refractivity contribution is 0.539. The van der Waals surface area contributed by atoms with Crippen molar-refractivity contribution in [3.05, 3.63) is 57.2 Å². The largest absolute Gasteiger partial charge is 0.301 e. The second kappa shape index (κ2) is 6.20. The molecule has 2 nitrogen and oxygen atoms in total. The SMILES string of the molecule is CSCC1C(c2ccc(Cl)cc2)=NNC1c1cccs1. The lowest BCUT2D eigenvalue weighted by Crippen LogP contribution is -2.23. The van der Waals surface area contributed by atoms with E-state index < -0.39 is 0 Å². The molecule has 2 heterocycles. The van der Waals surface area contributed by atoms with Crippen LogP contribution < -0.4 is 5.43 Å². The van der Waals surface area contributed by atoms with Crippen molar-refractivity contribution in [2.75, 3.05) is 12.0 Å². The molecule has 0 saturated carbocycles. The minimum absolute atomic E-state index is 0.285. The van der Waals surface area contributed by atoms with Crippen LogP contribution in [0, 0.1) is 5.92 Å². The van der Waals surface area contributed by atoms with E-state index in [0.29, 0.717) is 5.92 Å². The molecule has 0 amide bonds. The van der Waals surface area contributed by atoms with E-state index >= 15 is 0 Å². The fourth-order valence-corrected chi connectivity index (χ4v) is 4.12. The zero-order valence-corrected chi connectivity index (χ0v) is 13.4. The molecule has 104 valence electrons. The number of hydrogen-bond donors (Lipinski definition) is 1. The lowest BCUT2D eigenvalue weighted by Gasteiger charge is -2.19. The maximum Gasteiger partial charge on any atom is 0.0874 e. The van der Waals surface area contributed by atoms with Crippen LogP contribution in [-0.4, -0.2) is 17.7 Å². The summed E-state index contributed by atoms with van der Waals surface area (Å²) >= 11 is 9.61. The number of thiophene rings is 1. The van der Waals surface area contributed by atoms with Crippen molar-refractivity contribution in [3.8, 4) is 0 Å². The zero-order chi connectivity index (χ0) is 13.9. The molecule has 0 fully saturated rings. The molecule has 2 unspecified atom stereocenters. The van der Waals surface area contributed by atoms with Gasteiger partial charge in [0.05, 0.1) is 11.8 Å². The van der Waals surface area contributed by atoms with Crippen molar-refractivity contribution in [1.29, 1.82) is 0 Å². The highest BCUT2D eigenvalue weighted by atomic mass is 35.5. The van der Waals surface area contributed by atoms with Gasteiger partial charge in [-0.1, -0.05) is 29.8 Å². The van der Waals surface area contributed by atoms with Gasteiger partial charge in [-0.2, -0.15) is 16.9 Å². The molecular formula is C15H15ClN2S2. The van der Waals surface area contributed by atoms with Gasteiger partial charge in [-0.05, 0) is 35.4 Å². The van der Waals surface area contributed by atoms with Gasteiger partial charge in [0.15, 0.2) is 0 Å². The average molecular weight is 323 g/mol. The monoisotopic (exact) mass is 322 g/mol. The van der Waals surface area contributed by atoms with Gasteiger partial charge in [0.2, 0.25) is 0 Å². The zero-order valence-electron chi connectivity index (χ0n) is 11.0. The Bertz CT molecular complexity index is 593. The van der Waals surface area contributed by atoms with Crippen LogP contribution in [-0.2, 0) is 0 Å². The summed E-state index contributed by atoms with van der Waals surface area (Å²) in [4.78, 5) is 1.34. The van der Waals surface area contributed by atoms with Gasteiger partial charge in [-0.3, -0.25) is 0 Å². The topological polar surface area (TPSA) is 24.4 Å². The Morgan fingerprint density at radius 3 is 2.75 bits per heavy atom. The molecule has 0 aliphatic carbocycles. The highest BCUT2D eigenvalue weighted by Crippen LogP contribution is 2.34. The minimum atomic E-state index is 0.285. The normalized spacial score (nSPS) is 21.6. The van der Waals surface area contributed by atoms with Crippen LogP contribution in [0.3, 0.4) is 0 Å². The molecular weight excluding hydrogens is 308 g/mol. The Morgan fingerprint density at radius 1 is 1.30 bits per heavy atom. The predicted molar refractivity (Wildman–Crippen MR) is 90.1 cm³/mol. The third-order valence-corrected chi connectivity index (χ3v) is 5.31. The summed E-state index contributed by atoms with van der Waals surface area (Å²) in [6.07, 6.45) is 2.14. The van der Waals surface area contributed by atoms with Crippen molar-refractivity contribution in [1.82, 2.24) is 5.43 Å². The Hall–Kier alpha value is -0.970. The molecule has 0 bridgehead atoms. The Labute approximate surface area is 132 Å². The lowest BCUT2D eigenvalue weighted by atomic mass is 9.92. The van der Waals surface area contributed by atoms with E-state index in [2.05, 4.69) is 34.3 Å². The van der Waals surface area contributed by atoms with Crippen molar-refractivity contribution in [2.45, 2.75) is 6.04 Å². The quantitative estimate of drug-likeness (QED) is 0.900. The number of benzene rings is 1. The molecule has 0 radical (unpaired) electrons. The fourth-order valence-electron chi connectivity index (χ4n) is 2.45. The molecule has 2 aromatic rings. The first-order valence-electron chi connectivity index (χ1n) is 6.41. The summed E-state index contributed by atoms with van der Waals surface area (Å²) in [5.41, 5.74) is 5.60. The first-order chi connectivity index (χ1) is 9.79. The van der Waals surface area contributed by atoms with Gasteiger partial charge in [0.1, 0.15) is 0 Å². The molecule has 1 N–H and O–H groups in total. The van der Waals surface area contributed by atoms with Gasteiger partial charge in [-0.15, -0.1) is 11.3 Å². The second-order valence-corrected chi connectivity index (χ2v) is 7.01. The molecule has 1 aliphatic heterocycles. The highest BCUT2D eigenvalue weighted by molar-refractivity contribution is 7.98. The molecule has 0 saturated heterocycles. The number of nitrogens with one attached hydrogen (secondary N) is 1. The third kappa shape index (κ3) is 2.73. The number of halogens is 1. The smallest absolute Gasteiger partial charge is 0.0874 e. The van der Waals surface area contributed by atoms with Gasteiger partial charge >= 0.3 is 0 Å². The van der Waals surface area contributed by atoms with Gasteiger partial charge < -0.3 is 5.43 Å². The minimum Gasteiger partial charge on any atom is -0.301 e. The Balaban J connectivity index is 1.89. The van der Waals surface area contributed by atoms with E-state index in [1.54, 1.807) is 11.3 Å². The van der Waals surface area contributed by atoms with Gasteiger partial charge in [0.25, 0.3) is 0 Å². The first kappa shape index (κ1) is 14.0. The van der Waals surface area contributed by atoms with E-state index in [0.717, 1.165) is 22.1 Å². The van der Waals surface area contributed by atoms with Crippen LogP contribution in [0.15, 0.2) is 46.9 Å². The van der Waals surface area contributed by atoms with Crippen molar-refractivity contribution >= 4 is 40.4 Å². The van der Waals surface area contributed by atoms with E-state index in [9.17, 15) is 0 Å². The number of rotatable bonds is 4. The van der Waals surface area contributed by atoms with Gasteiger partial charge in [-0.25, -0.2) is 0 Å². The molecule has 1 aromatic heterocycles. The van der Waals surface area contributed by atoms with Crippen LogP contribution in [0.1, 0.15) is 16.5 Å². The van der Waals surface area contributed by atoms with Crippen molar-refractivity contribution in [2.24, 2.45) is 11.0 Å². The third-order valence-electron chi connectivity index (χ3n) is 3.41. The molecule has 20 heavy (non-hydrogen) atoms. The number of hydrogen-bond acceptors (Lipinski definition) is 4. The molecule has 0 spiro atoms. The van der Waals surface area contributed by atoms with Crippen LogP contribution in [0.4, 0.5) is 0 Å². The summed E-state index contributed by atoms with van der Waals surface area (Å²) < 4.78 is 0. The number of thioether (sulfide) groups is 1. The molecule has 5 heteroatoms. The van der Waals surface area contributed by atoms with Crippen molar-refractivity contribution in [3.63, 3.8) is 0 Å². The van der Waals surface area contributed by atoms with Crippen molar-refractivity contribution < 1.29 is 0 Å². The van der Waals surface area contributed by atoms with Crippen LogP contribution >= 0.6 is 34.7 Å². The van der Waals surface area contributed by atoms with Crippen LogP contribution in [0.5, 0.6) is 0 Å². The standard InChI is InChI=1S/C15H15ClN2S2/c1-19-9-12-14(10-4-6-11(16)7-5-10)17-18-15(12)13-3-2-8-20-13/h2-8,12,15,18H,9H2,1H3. The number of hydrazone groups is 1. The molecule has 1 aliphatic rings. The fraction of sp³-hybridized carbons (Fsp3) is 0.267. The van der Waals surface area contributed by atoms with Crippen LogP contribution in [0.2, 0.25) is 5.02 Å². The van der Waals surface area contributed by atoms with Gasteiger partial charge in [0, 0.05) is 21.6 Å². The first-order valence-corrected chi connectivity index (χ1v) is 9.06. The van der Waals surface area contributed by atoms with E-state index in [-0.39, 0.29) is 6.04 Å². The second-order valence-electron chi connectivity index (χ2n) is 4.69. The summed E-state index contributed by atoms with van der Waals surface area (Å²) in [6, 6.07) is 12.5. The highest BCUT2D eigenvalue weighted by Gasteiger charge is 2.33. The molecule has 2 atom stereocenters. The summed E-state index contributed by atoms with van der Waals surface area (Å²) in [5.74, 6) is 1.45. The predicted octanol–water partition coefficient (Wildman–Crippen LogP) is 4.43. The summed E-state index contributed by atoms with van der Waals surface area (Å²) in [5, 5.41) is 7.47. The van der Waals surface area contributed by atoms with E-state index in [4.69, 9.17) is 11.6 Å². The van der Waals surface area contributed by atoms with Crippen LogP contribution in [0.25, 0.3) is 0 Å². The number of nitrogens with zero attached hydrogens (tertiary/aromatic N) is 1. The van der Waals surface area contributed by atoms with E-state index in [1.807, 2.05) is 36.0 Å². The maximum atomic E-state index is 5.97. The molecule has 3 rings (SSSR count). The summed E-state index contributed by atoms with van der Waals surface area (Å²) in [6.45, 7) is 0. The Morgan fingerprint density at radius 2 is 2.10 bits per heavy atom. The molecule has 1 aromatic carbocycles. The maximum absolute atomic E-state index is 5.97.